The Morgan fingerprint density at radius 3 is 0.589 bits per heavy atom. The summed E-state index contributed by atoms with van der Waals surface area (Å²) in [7, 11) is 3.35. The van der Waals surface area contributed by atoms with Gasteiger partial charge in [0, 0.05) is 64.8 Å². The molecule has 0 radical (unpaired) electrons. The van der Waals surface area contributed by atoms with Crippen molar-refractivity contribution in [3.05, 3.63) is 79.9 Å². The molecule has 0 aliphatic heterocycles. The molecule has 0 fully saturated rings. The molecule has 414 valence electrons. The molecule has 0 aromatic heterocycles. The minimum absolute atomic E-state index is 0. The number of aliphatic hydroxyl groups is 1. The summed E-state index contributed by atoms with van der Waals surface area (Å²) in [5.74, 6) is -0.111. The summed E-state index contributed by atoms with van der Waals surface area (Å²) in [6, 6.07) is 7.91. The lowest BCUT2D eigenvalue weighted by atomic mass is 9.71. The van der Waals surface area contributed by atoms with E-state index < -0.39 is 21.7 Å². The molecule has 73 heavy (non-hydrogen) atoms. The molecule has 10 heteroatoms. The lowest BCUT2D eigenvalue weighted by molar-refractivity contribution is 0.181. The molecule has 0 bridgehead atoms. The predicted octanol–water partition coefficient (Wildman–Crippen LogP) is 16.4. The molecule has 0 saturated carbocycles. The van der Waals surface area contributed by atoms with Crippen molar-refractivity contribution in [2.45, 2.75) is 243 Å². The molecule has 0 spiro atoms. The van der Waals surface area contributed by atoms with Crippen molar-refractivity contribution < 1.29 is 45.2 Å². The lowest BCUT2D eigenvalue weighted by Gasteiger charge is -2.34. The Bertz CT molecular complexity index is 2290. The summed E-state index contributed by atoms with van der Waals surface area (Å²) < 4.78 is 11.4. The van der Waals surface area contributed by atoms with E-state index in [1.54, 1.807) is 28.1 Å². The van der Waals surface area contributed by atoms with Gasteiger partial charge in [0.25, 0.3) is 0 Å². The van der Waals surface area contributed by atoms with E-state index >= 15 is 0 Å². The molecule has 0 amide bonds. The van der Waals surface area contributed by atoms with E-state index in [4.69, 9.17) is 14.6 Å². The molecule has 7 N–H and O–H groups in total. The fourth-order valence-corrected chi connectivity index (χ4v) is 9.12. The highest BCUT2D eigenvalue weighted by Gasteiger charge is 2.38. The standard InChI is InChI=1S/C32H50O4.C28H42O4.C3H8O.ClH/c1-29(2,3)21-15-23(31(7,8)9)27(33)25(19(21)17-35-13)26-20(18-36-14)22(30(4,5)6)16-24(28(26)34)32(10,11)12;1-25(2,3)15-13-16(26(4,5)6)22(30)19(21(15)29)20-23(31)17(27(7,8)9)14-18(24(20)32)28(10,11)12;1-3(2)4;/h15-16,33-34H,17-18H2,1-14H3;13-14,29-32H,1-12H3;3-4H,1-2H3;1H. The van der Waals surface area contributed by atoms with Gasteiger partial charge in [-0.1, -0.05) is 178 Å². The summed E-state index contributed by atoms with van der Waals surface area (Å²) in [4.78, 5) is 0. The second-order valence-electron chi connectivity index (χ2n) is 28.4. The van der Waals surface area contributed by atoms with E-state index in [1.165, 1.54) is 0 Å². The molecule has 4 rings (SSSR count). The van der Waals surface area contributed by atoms with Crippen molar-refractivity contribution in [3.63, 3.8) is 0 Å². The number of aliphatic hydroxyl groups excluding tert-OH is 1. The van der Waals surface area contributed by atoms with Gasteiger partial charge in [0.05, 0.1) is 24.3 Å². The Morgan fingerprint density at radius 1 is 0.315 bits per heavy atom. The van der Waals surface area contributed by atoms with E-state index in [0.717, 1.165) is 33.4 Å². The SMILES string of the molecule is CC(C)(C)c1cc(C(C)(C)C)c(O)c(-c2c(O)c(C(C)(C)C)cc(C(C)(C)C)c2O)c1O.CC(C)O.COCc1c(C(C)(C)C)cc(C(C)(C)C)c(O)c1-c1c(O)c(C(C)(C)C)cc(C(C)(C)C)c1COC.Cl. The molecule has 0 heterocycles. The normalized spacial score (nSPS) is 13.0. The zero-order valence-corrected chi connectivity index (χ0v) is 51.5. The van der Waals surface area contributed by atoms with Gasteiger partial charge in [-0.15, -0.1) is 12.4 Å². The Labute approximate surface area is 449 Å². The second-order valence-corrected chi connectivity index (χ2v) is 28.4. The van der Waals surface area contributed by atoms with E-state index in [1.807, 2.05) is 95.2 Å². The number of phenolic OH excluding ortho intramolecular Hbond substituents is 6. The van der Waals surface area contributed by atoms with Crippen molar-refractivity contribution in [3.8, 4) is 56.8 Å². The van der Waals surface area contributed by atoms with Crippen LogP contribution >= 0.6 is 12.4 Å². The Kier molecular flexibility index (Phi) is 21.1. The molecule has 9 nitrogen and oxygen atoms in total. The van der Waals surface area contributed by atoms with Gasteiger partial charge in [0.1, 0.15) is 34.5 Å². The van der Waals surface area contributed by atoms with Crippen LogP contribution in [-0.4, -0.2) is 56.1 Å². The summed E-state index contributed by atoms with van der Waals surface area (Å²) in [6.45, 7) is 53.6. The third kappa shape index (κ3) is 15.5. The van der Waals surface area contributed by atoms with Gasteiger partial charge in [0.15, 0.2) is 0 Å². The average molecular weight is 1040 g/mol. The minimum atomic E-state index is -0.424. The van der Waals surface area contributed by atoms with Gasteiger partial charge < -0.3 is 45.2 Å². The van der Waals surface area contributed by atoms with Gasteiger partial charge in [0.2, 0.25) is 0 Å². The van der Waals surface area contributed by atoms with Crippen molar-refractivity contribution >= 4 is 12.4 Å². The maximum Gasteiger partial charge on any atom is 0.131 e. The summed E-state index contributed by atoms with van der Waals surface area (Å²) in [6.07, 6.45) is -0.167. The number of benzene rings is 4. The zero-order chi connectivity index (χ0) is 56.8. The topological polar surface area (TPSA) is 160 Å². The quantitative estimate of drug-likeness (QED) is 0.0998. The number of phenols is 6. The molecule has 4 aromatic rings. The summed E-state index contributed by atoms with van der Waals surface area (Å²) in [5.41, 5.74) is 7.00. The van der Waals surface area contributed by atoms with Crippen LogP contribution in [0.15, 0.2) is 24.3 Å². The van der Waals surface area contributed by atoms with Crippen LogP contribution in [0, 0.1) is 0 Å². The van der Waals surface area contributed by atoms with Crippen molar-refractivity contribution in [1.82, 2.24) is 0 Å². The average Bonchev–Trinajstić information content (AvgIpc) is 3.13. The van der Waals surface area contributed by atoms with E-state index in [0.29, 0.717) is 46.6 Å². The monoisotopic (exact) mass is 1040 g/mol. The van der Waals surface area contributed by atoms with E-state index in [2.05, 4.69) is 95.2 Å². The number of ether oxygens (including phenoxy) is 2. The van der Waals surface area contributed by atoms with Crippen molar-refractivity contribution in [1.29, 1.82) is 0 Å². The van der Waals surface area contributed by atoms with Crippen LogP contribution in [0.5, 0.6) is 34.5 Å². The van der Waals surface area contributed by atoms with Crippen LogP contribution in [0.3, 0.4) is 0 Å². The number of aromatic hydroxyl groups is 6. The predicted molar refractivity (Wildman–Crippen MR) is 309 cm³/mol. The lowest BCUT2D eigenvalue weighted by Crippen LogP contribution is -2.22. The minimum Gasteiger partial charge on any atom is -0.507 e. The molecule has 0 atom stereocenters. The van der Waals surface area contributed by atoms with Crippen molar-refractivity contribution in [2.75, 3.05) is 14.2 Å². The largest absolute Gasteiger partial charge is 0.507 e. The van der Waals surface area contributed by atoms with Gasteiger partial charge in [-0.05, 0) is 91.6 Å². The fraction of sp³-hybridized carbons (Fsp3) is 0.619. The molecule has 4 aromatic carbocycles. The van der Waals surface area contributed by atoms with Gasteiger partial charge in [-0.3, -0.25) is 0 Å². The third-order valence-electron chi connectivity index (χ3n) is 12.9. The van der Waals surface area contributed by atoms with Crippen LogP contribution in [0.1, 0.15) is 236 Å². The van der Waals surface area contributed by atoms with Gasteiger partial charge >= 0.3 is 0 Å². The summed E-state index contributed by atoms with van der Waals surface area (Å²) in [5, 5.41) is 77.6. The first-order chi connectivity index (χ1) is 32.0. The highest BCUT2D eigenvalue weighted by atomic mass is 35.5. The second kappa shape index (κ2) is 23.0. The Balaban J connectivity index is 0.000000675. The zero-order valence-electron chi connectivity index (χ0n) is 50.7. The van der Waals surface area contributed by atoms with Crippen LogP contribution in [0.2, 0.25) is 0 Å². The van der Waals surface area contributed by atoms with E-state index in [-0.39, 0.29) is 85.8 Å². The van der Waals surface area contributed by atoms with Crippen molar-refractivity contribution in [2.24, 2.45) is 0 Å². The van der Waals surface area contributed by atoms with Crippen LogP contribution in [0.25, 0.3) is 22.3 Å². The van der Waals surface area contributed by atoms with E-state index in [9.17, 15) is 30.6 Å². The number of halogens is 1. The Morgan fingerprint density at radius 2 is 0.452 bits per heavy atom. The Hall–Kier alpha value is -4.15. The molecular formula is C63H101ClO9. The smallest absolute Gasteiger partial charge is 0.131 e. The molecular weight excluding hydrogens is 936 g/mol. The molecule has 0 unspecified atom stereocenters. The number of hydrogen-bond donors (Lipinski definition) is 7. The molecule has 0 aliphatic carbocycles. The molecule has 0 aliphatic rings. The number of hydrogen-bond acceptors (Lipinski definition) is 9. The highest BCUT2D eigenvalue weighted by Crippen LogP contribution is 2.57. The van der Waals surface area contributed by atoms with Gasteiger partial charge in [-0.25, -0.2) is 0 Å². The van der Waals surface area contributed by atoms with Gasteiger partial charge in [-0.2, -0.15) is 0 Å². The van der Waals surface area contributed by atoms with Crippen LogP contribution < -0.4 is 0 Å². The first kappa shape index (κ1) is 66.9. The highest BCUT2D eigenvalue weighted by molar-refractivity contribution is 5.90. The maximum atomic E-state index is 12.0. The fourth-order valence-electron chi connectivity index (χ4n) is 9.12. The van der Waals surface area contributed by atoms with Crippen LogP contribution in [-0.2, 0) is 66.0 Å². The summed E-state index contributed by atoms with van der Waals surface area (Å²) >= 11 is 0. The third-order valence-corrected chi connectivity index (χ3v) is 12.9. The number of rotatable bonds is 6. The first-order valence-electron chi connectivity index (χ1n) is 25.7. The van der Waals surface area contributed by atoms with Crippen LogP contribution in [0.4, 0.5) is 0 Å². The maximum absolute atomic E-state index is 12.0. The first-order valence-corrected chi connectivity index (χ1v) is 25.7. The number of methoxy groups -OCH3 is 2. The molecule has 0 saturated heterocycles.